The minimum atomic E-state index is -0.248. The summed E-state index contributed by atoms with van der Waals surface area (Å²) in [5, 5.41) is 2.97. The van der Waals surface area contributed by atoms with Crippen molar-refractivity contribution in [3.8, 4) is 0 Å². The highest BCUT2D eigenvalue weighted by molar-refractivity contribution is 5.96. The number of nitrogens with one attached hydrogen (secondary N) is 2. The van der Waals surface area contributed by atoms with Gasteiger partial charge in [-0.25, -0.2) is 0 Å². The van der Waals surface area contributed by atoms with Gasteiger partial charge < -0.3 is 15.1 Å². The molecule has 1 aromatic carbocycles. The predicted molar refractivity (Wildman–Crippen MR) is 96.2 cm³/mol. The zero-order valence-electron chi connectivity index (χ0n) is 15.5. The smallest absolute Gasteiger partial charge is 0.282 e. The van der Waals surface area contributed by atoms with Crippen molar-refractivity contribution in [2.45, 2.75) is 52.6 Å². The first-order chi connectivity index (χ1) is 11.2. The Hall–Kier alpha value is -1.88. The van der Waals surface area contributed by atoms with E-state index >= 15 is 0 Å². The third-order valence-corrected chi connectivity index (χ3v) is 4.30. The fraction of sp³-hybridized carbons (Fsp3) is 0.579. The van der Waals surface area contributed by atoms with E-state index in [1.54, 1.807) is 0 Å². The lowest BCUT2D eigenvalue weighted by Gasteiger charge is -2.26. The second kappa shape index (κ2) is 7.34. The van der Waals surface area contributed by atoms with Crippen molar-refractivity contribution < 1.29 is 14.5 Å². The fourth-order valence-electron chi connectivity index (χ4n) is 3.25. The van der Waals surface area contributed by atoms with Crippen LogP contribution in [0.3, 0.4) is 0 Å². The summed E-state index contributed by atoms with van der Waals surface area (Å²) in [5.74, 6) is 0.0786. The topological polar surface area (TPSA) is 53.9 Å². The molecule has 1 unspecified atom stereocenters. The Morgan fingerprint density at radius 3 is 2.54 bits per heavy atom. The van der Waals surface area contributed by atoms with Gasteiger partial charge in [-0.15, -0.1) is 0 Å². The molecule has 0 aromatic heterocycles. The highest BCUT2D eigenvalue weighted by Gasteiger charge is 2.32. The van der Waals surface area contributed by atoms with Crippen LogP contribution in [-0.2, 0) is 16.0 Å². The number of hydrogen-bond donors (Lipinski definition) is 2. The number of carbonyl (C=O) groups is 2. The van der Waals surface area contributed by atoms with Crippen molar-refractivity contribution in [1.29, 1.82) is 0 Å². The Morgan fingerprint density at radius 1 is 1.25 bits per heavy atom. The summed E-state index contributed by atoms with van der Waals surface area (Å²) in [7, 11) is 0. The van der Waals surface area contributed by atoms with Crippen LogP contribution in [0.2, 0.25) is 0 Å². The molecule has 0 radical (unpaired) electrons. The minimum absolute atomic E-state index is 0.0120. The molecule has 5 heteroatoms. The van der Waals surface area contributed by atoms with E-state index in [0.717, 1.165) is 23.6 Å². The number of hydrogen-bond acceptors (Lipinski definition) is 2. The molecule has 1 heterocycles. The number of fused-ring (bicyclic) bond motifs is 1. The average molecular weight is 332 g/mol. The van der Waals surface area contributed by atoms with Gasteiger partial charge in [-0.1, -0.05) is 18.2 Å². The van der Waals surface area contributed by atoms with Crippen LogP contribution < -0.4 is 15.1 Å². The molecular weight excluding hydrogens is 302 g/mol. The summed E-state index contributed by atoms with van der Waals surface area (Å²) < 4.78 is 0. The zero-order chi connectivity index (χ0) is 17.9. The molecule has 1 aliphatic rings. The van der Waals surface area contributed by atoms with Gasteiger partial charge >= 0.3 is 0 Å². The molecule has 0 spiro atoms. The van der Waals surface area contributed by atoms with Gasteiger partial charge in [-0.2, -0.15) is 0 Å². The van der Waals surface area contributed by atoms with Crippen LogP contribution >= 0.6 is 0 Å². The Labute approximate surface area is 145 Å². The van der Waals surface area contributed by atoms with Gasteiger partial charge in [0.05, 0.1) is 6.54 Å². The third-order valence-electron chi connectivity index (χ3n) is 4.30. The molecule has 0 saturated heterocycles. The lowest BCUT2D eigenvalue weighted by molar-refractivity contribution is -0.881. The second-order valence-electron chi connectivity index (χ2n) is 7.70. The molecule has 24 heavy (non-hydrogen) atoms. The van der Waals surface area contributed by atoms with E-state index in [4.69, 9.17) is 0 Å². The van der Waals surface area contributed by atoms with Crippen LogP contribution in [0, 0.1) is 0 Å². The average Bonchev–Trinajstić information content (AvgIpc) is 2.80. The molecule has 1 aliphatic heterocycles. The lowest BCUT2D eigenvalue weighted by Crippen LogP contribution is -3.14. The molecule has 2 amide bonds. The number of rotatable bonds is 5. The van der Waals surface area contributed by atoms with Crippen molar-refractivity contribution in [3.05, 3.63) is 29.8 Å². The summed E-state index contributed by atoms with van der Waals surface area (Å²) in [6.45, 7) is 11.4. The first-order valence-corrected chi connectivity index (χ1v) is 8.76. The largest absolute Gasteiger partial charge is 0.347 e. The number of quaternary nitrogens is 1. The quantitative estimate of drug-likeness (QED) is 0.837. The molecule has 2 rings (SSSR count). The maximum absolute atomic E-state index is 12.8. The minimum Gasteiger partial charge on any atom is -0.347 e. The van der Waals surface area contributed by atoms with Crippen molar-refractivity contribution in [2.75, 3.05) is 24.5 Å². The Balaban J connectivity index is 2.01. The molecule has 0 aliphatic carbocycles. The predicted octanol–water partition coefficient (Wildman–Crippen LogP) is 0.784. The third kappa shape index (κ3) is 4.57. The number of amides is 2. The highest BCUT2D eigenvalue weighted by Crippen LogP contribution is 2.31. The van der Waals surface area contributed by atoms with Crippen molar-refractivity contribution >= 4 is 17.5 Å². The van der Waals surface area contributed by atoms with Gasteiger partial charge in [-0.05, 0) is 52.7 Å². The highest BCUT2D eigenvalue weighted by atomic mass is 16.2. The number of benzene rings is 1. The summed E-state index contributed by atoms with van der Waals surface area (Å²) in [5.41, 5.74) is 1.99. The van der Waals surface area contributed by atoms with Gasteiger partial charge in [0.2, 0.25) is 0 Å². The van der Waals surface area contributed by atoms with E-state index in [1.807, 2.05) is 50.8 Å². The number of para-hydroxylation sites is 1. The Kier molecular flexibility index (Phi) is 5.65. The van der Waals surface area contributed by atoms with Crippen LogP contribution in [0.5, 0.6) is 0 Å². The summed E-state index contributed by atoms with van der Waals surface area (Å²) in [6.07, 6.45) is 0.897. The van der Waals surface area contributed by atoms with Crippen LogP contribution in [0.1, 0.15) is 40.2 Å². The normalized spacial score (nSPS) is 18.2. The van der Waals surface area contributed by atoms with Crippen LogP contribution in [0.15, 0.2) is 24.3 Å². The van der Waals surface area contributed by atoms with Crippen LogP contribution in [-0.4, -0.2) is 43.0 Å². The van der Waals surface area contributed by atoms with Gasteiger partial charge in [0.1, 0.15) is 0 Å². The Morgan fingerprint density at radius 2 is 1.92 bits per heavy atom. The number of likely N-dealkylation sites (N-methyl/N-ethyl adjacent to an activating group) is 1. The van der Waals surface area contributed by atoms with Crippen LogP contribution in [0.4, 0.5) is 5.69 Å². The number of anilines is 1. The number of nitrogens with zero attached hydrogens (tertiary/aromatic N) is 1. The van der Waals surface area contributed by atoms with E-state index in [1.165, 1.54) is 5.56 Å². The fourth-order valence-corrected chi connectivity index (χ4v) is 3.25. The Bertz CT molecular complexity index is 607. The summed E-state index contributed by atoms with van der Waals surface area (Å²) >= 11 is 0. The summed E-state index contributed by atoms with van der Waals surface area (Å²) in [6, 6.07) is 8.25. The zero-order valence-corrected chi connectivity index (χ0v) is 15.5. The monoisotopic (exact) mass is 332 g/mol. The van der Waals surface area contributed by atoms with E-state index in [2.05, 4.69) is 18.3 Å². The molecule has 2 atom stereocenters. The van der Waals surface area contributed by atoms with E-state index in [-0.39, 0.29) is 23.4 Å². The number of carbonyl (C=O) groups excluding carboxylic acids is 2. The SMILES string of the molecule is CC[NH+](CC(=O)NC(C)(C)C)CC(=O)N1c2ccccc2C[C@H]1C. The maximum Gasteiger partial charge on any atom is 0.282 e. The van der Waals surface area contributed by atoms with Crippen LogP contribution in [0.25, 0.3) is 0 Å². The molecule has 132 valence electrons. The van der Waals surface area contributed by atoms with Crippen molar-refractivity contribution in [3.63, 3.8) is 0 Å². The summed E-state index contributed by atoms with van der Waals surface area (Å²) in [4.78, 5) is 27.8. The van der Waals surface area contributed by atoms with Crippen molar-refractivity contribution in [2.24, 2.45) is 0 Å². The standard InChI is InChI=1S/C19H29N3O2/c1-6-21(12-17(23)20-19(3,4)5)13-18(24)22-14(2)11-15-9-7-8-10-16(15)22/h7-10,14H,6,11-13H2,1-5H3,(H,20,23)/p+1/t14-/m1/s1. The molecule has 0 fully saturated rings. The van der Waals surface area contributed by atoms with E-state index in [9.17, 15) is 9.59 Å². The van der Waals surface area contributed by atoms with E-state index < -0.39 is 0 Å². The lowest BCUT2D eigenvalue weighted by atomic mass is 10.1. The first-order valence-electron chi connectivity index (χ1n) is 8.76. The second-order valence-corrected chi connectivity index (χ2v) is 7.70. The van der Waals surface area contributed by atoms with Gasteiger partial charge in [0.25, 0.3) is 11.8 Å². The van der Waals surface area contributed by atoms with E-state index in [0.29, 0.717) is 13.1 Å². The first kappa shape index (κ1) is 18.5. The van der Waals surface area contributed by atoms with Crippen molar-refractivity contribution in [1.82, 2.24) is 5.32 Å². The molecule has 2 N–H and O–H groups in total. The van der Waals surface area contributed by atoms with Gasteiger partial charge in [0.15, 0.2) is 13.1 Å². The molecule has 5 nitrogen and oxygen atoms in total. The maximum atomic E-state index is 12.8. The molecule has 1 aromatic rings. The van der Waals surface area contributed by atoms with Gasteiger partial charge in [0, 0.05) is 17.3 Å². The molecular formula is C19H30N3O2+. The molecule has 0 saturated carbocycles. The van der Waals surface area contributed by atoms with Gasteiger partial charge in [-0.3, -0.25) is 9.59 Å². The molecule has 0 bridgehead atoms.